The van der Waals surface area contributed by atoms with Crippen molar-refractivity contribution in [1.82, 2.24) is 80.1 Å². The number of amides is 2. The lowest BCUT2D eigenvalue weighted by Gasteiger charge is -2.25. The molecule has 0 spiro atoms. The van der Waals surface area contributed by atoms with Gasteiger partial charge in [-0.1, -0.05) is 31.7 Å². The van der Waals surface area contributed by atoms with Gasteiger partial charge in [-0.15, -0.1) is 0 Å². The second kappa shape index (κ2) is 40.2. The number of nitrogens with one attached hydrogen (secondary N) is 5. The Kier molecular flexibility index (Phi) is 18.6. The average Bonchev–Trinajstić information content (AvgIpc) is 1.57. The van der Waals surface area contributed by atoms with E-state index in [0.717, 1.165) is 103 Å². The van der Waals surface area contributed by atoms with E-state index < -0.39 is 76.4 Å². The number of carbonyl (C=O) groups is 2. The molecule has 6 fully saturated rings. The first-order valence-electron chi connectivity index (χ1n) is 78.9. The number of anilines is 5. The molecule has 42 heteroatoms. The minimum absolute atomic E-state index is 0. The Morgan fingerprint density at radius 2 is 0.899 bits per heavy atom. The number of methoxy groups -OCH3 is 2. The summed E-state index contributed by atoms with van der Waals surface area (Å²) in [6.07, 6.45) is 14.5. The third-order valence-corrected chi connectivity index (χ3v) is 28.3. The van der Waals surface area contributed by atoms with Gasteiger partial charge in [0.05, 0.1) is 113 Å². The van der Waals surface area contributed by atoms with Gasteiger partial charge >= 0.3 is 24.2 Å². The number of H-pyrrole nitrogens is 3. The molecule has 37 nitrogen and oxygen atoms in total. The zero-order chi connectivity index (χ0) is 166. The van der Waals surface area contributed by atoms with Crippen molar-refractivity contribution in [1.29, 1.82) is 0 Å². The fraction of sp³-hybridized carbons (Fsp3) is 0.417. The summed E-state index contributed by atoms with van der Waals surface area (Å²) < 4.78 is 473. The zero-order valence-corrected chi connectivity index (χ0v) is 80.0. The number of nitrogens with zero attached hydrogens (tertiary/aromatic N) is 16. The van der Waals surface area contributed by atoms with Gasteiger partial charge in [0.15, 0.2) is 22.3 Å². The maximum atomic E-state index is 15.2. The molecule has 138 heavy (non-hydrogen) atoms. The molecule has 3 aliphatic carbocycles. The standard InChI is InChI=1S/C32H33FN4O8S2.C28H33FN8O3.C23H25FN8O.C7H14N2.C5H6N2O.CH4.34H2/c1-32(2,3)45-31(38)37(4)25-16-21(33)15-24-26-28(34-27(24)25)35-30(47(41,42)18-20-9-13-23(44-6)14-10-20)36-29(26)46(39,40)17-19-7-11-22(43-5)12-8-19;1-14-31-10-17(11-32-14)39-26-34-24-22(25(35-26)37-12-15-6-7-20(30)19(15)13-37)18-8-16(29)9-21(23(18)33-24)36(5)27(38)40-28(2,3)4;1-11-27-7-14(8-28-11)33-23-30-21-19(15-5-13(24)6-18(26-2)20(15)29-21)22(31-23)32-9-12-3-4-17(25)16(12)10-32;8-7-2-1-5-3-9-4-6(5)7;1-4-6-2-5(8)3-7-4;;;;;;;;;;;;;;;;;;;;;;;;;;;;;;;;;;;/h7-16H,17-18H2,1-6H3,(H,34,35,36);8-11,15,19-20H,6-7,12-13,30H2,1-5H3,(H,33,34,35);5-8,12,16-17,26H,3-4,9-10,25H2,1-2H3,(H,29,30,31);5-7,9H,1-4,8H2;2-3,8H,1H3;1H4;34*1H/t;15-,19+,20-;12-,16+,17-;5-,6+,7-;;;;;;;;;;;;;;;;;;;;;;;;;;;;;;;;;;;;/m.111..................................../s1/i;;;;;;34*1+1D. The van der Waals surface area contributed by atoms with Gasteiger partial charge < -0.3 is 86.1 Å². The number of halogens is 3. The van der Waals surface area contributed by atoms with Crippen LogP contribution in [-0.4, -0.2) is 213 Å². The smallest absolute Gasteiger partial charge is 0.414 e. The number of carbonyl (C=O) groups excluding carboxylic acids is 2. The molecule has 3 saturated carbocycles. The molecule has 6 aliphatic rings. The van der Waals surface area contributed by atoms with Crippen molar-refractivity contribution in [3.8, 4) is 40.8 Å². The lowest BCUT2D eigenvalue weighted by atomic mass is 9.98. The first-order valence-corrected chi connectivity index (χ1v) is 48.2. The Morgan fingerprint density at radius 3 is 1.31 bits per heavy atom. The molecule has 12 N–H and O–H groups in total. The third-order valence-electron chi connectivity index (χ3n) is 25.3. The minimum atomic E-state index is -4.39. The molecule has 12 heterocycles. The van der Waals surface area contributed by atoms with Crippen LogP contribution in [0, 0.1) is 73.7 Å². The zero-order valence-electron chi connectivity index (χ0n) is 146. The quantitative estimate of drug-likeness (QED) is 0.0302. The Hall–Kier alpha value is -13.6. The summed E-state index contributed by atoms with van der Waals surface area (Å²) >= 11 is 0. The molecular weight excluding hydrogens is 1820 g/mol. The molecule has 14 aromatic rings. The van der Waals surface area contributed by atoms with Gasteiger partial charge in [-0.3, -0.25) is 9.80 Å². The van der Waals surface area contributed by atoms with Gasteiger partial charge in [-0.05, 0) is 221 Å². The van der Waals surface area contributed by atoms with E-state index in [2.05, 4.69) is 85.2 Å². The predicted octanol–water partition coefficient (Wildman–Crippen LogP) is 23.1. The van der Waals surface area contributed by atoms with Gasteiger partial charge in [0.2, 0.25) is 19.7 Å². The minimum Gasteiger partial charge on any atom is -0.505 e. The second-order valence-corrected chi connectivity index (χ2v) is 41.0. The number of sulfone groups is 2. The van der Waals surface area contributed by atoms with Crippen LogP contribution in [0.1, 0.15) is 217 Å². The molecular formula is C96H183F3N24O13S2. The highest BCUT2D eigenvalue weighted by Crippen LogP contribution is 2.48. The summed E-state index contributed by atoms with van der Waals surface area (Å²) in [6.45, 7) is 21.3. The van der Waals surface area contributed by atoms with Crippen molar-refractivity contribution in [2.75, 3.05) is 99.5 Å². The van der Waals surface area contributed by atoms with E-state index in [9.17, 15) is 30.8 Å². The van der Waals surface area contributed by atoms with Crippen LogP contribution in [0.25, 0.3) is 65.8 Å². The van der Waals surface area contributed by atoms with Crippen LogP contribution in [0.4, 0.5) is 51.5 Å². The largest absolute Gasteiger partial charge is 0.505 e. The molecule has 0 bridgehead atoms. The third kappa shape index (κ3) is 21.9. The maximum absolute atomic E-state index is 15.2. The number of fused-ring (bicyclic) bond motifs is 12. The van der Waals surface area contributed by atoms with Crippen molar-refractivity contribution in [3.63, 3.8) is 0 Å². The van der Waals surface area contributed by atoms with E-state index >= 15 is 8.78 Å². The summed E-state index contributed by atoms with van der Waals surface area (Å²) in [5.41, 5.74) is 21.2. The van der Waals surface area contributed by atoms with Crippen LogP contribution in [0.5, 0.6) is 40.8 Å². The number of aryl methyl sites for hydroxylation is 3. The highest BCUT2D eigenvalue weighted by molar-refractivity contribution is 7.91. The number of hydrogen-bond donors (Lipinski definition) is 9. The Bertz CT molecular complexity index is 7230. The highest BCUT2D eigenvalue weighted by atomic mass is 32.2. The Labute approximate surface area is 900 Å². The summed E-state index contributed by atoms with van der Waals surface area (Å²) in [5, 5.41) is 16.3. The summed E-state index contributed by atoms with van der Waals surface area (Å²) in [6, 6.07) is 21.6. The van der Waals surface area contributed by atoms with E-state index in [1.807, 2.05) is 6.92 Å². The first-order chi connectivity index (χ1) is 99.1. The van der Waals surface area contributed by atoms with Crippen LogP contribution in [0.3, 0.4) is 0 Å². The van der Waals surface area contributed by atoms with Crippen LogP contribution in [-0.2, 0) is 40.7 Å². The average molecular weight is 2070 g/mol. The summed E-state index contributed by atoms with van der Waals surface area (Å²) in [5.74, 6) is 6.06. The molecule has 0 unspecified atom stereocenters. The fourth-order valence-corrected chi connectivity index (χ4v) is 21.3. The number of ether oxygens (including phenoxy) is 6. The van der Waals surface area contributed by atoms with E-state index in [0.29, 0.717) is 126 Å². The number of aromatic nitrogens is 15. The van der Waals surface area contributed by atoms with Gasteiger partial charge in [0, 0.05) is 183 Å². The number of hydrogen-bond acceptors (Lipinski definition) is 32. The van der Waals surface area contributed by atoms with Crippen LogP contribution >= 0.6 is 0 Å². The van der Waals surface area contributed by atoms with Crippen LogP contribution < -0.4 is 66.4 Å². The van der Waals surface area contributed by atoms with Crippen molar-refractivity contribution in [2.45, 2.75) is 159 Å². The summed E-state index contributed by atoms with van der Waals surface area (Å²) in [7, 11) is -1.08. The topological polar surface area (TPSA) is 495 Å². The lowest BCUT2D eigenvalue weighted by molar-refractivity contribution is 0.0579. The van der Waals surface area contributed by atoms with Gasteiger partial charge in [0.25, 0.3) is 5.16 Å². The molecule has 3 saturated heterocycles. The SMILES string of the molecule is C.CNc1cc(F)cc2c1[nH]c1nc(Oc3cnc(C)nc3)nc(N3C[C@H]4CC[C@@H](N)[C@H]4C3)c12.COc1ccc(CS(=O)(=O)c2nc(S(=O)(=O)Cc3ccc(OC)cc3)c3c(n2)[nH]c2c(N(C)C(=O)OC(C)(C)C)cc(F)cc23)cc1.Cc1ncc(O)cn1.Cc1ncc(Oc2nc(N3C[C@H]4CC[C@@H](N)[C@H]4C3)c3c(n2)[nH]c2c(N(C)C(=O)OC(C)(C)C)cc(F)cc23)cn1.N[C@@H]1CC[C@@H]2CNC[C@@H]21.[2H][2H].[2H][2H].[2H][2H].[2H][2H].[2H][2H].[2H][2H].[2H][2H].[2H][2H].[2H][2H].[2H][2H].[2H][2H].[2H][2H].[2H][2H].[2H][2H].[2H][2H].[2H][2H].[2H][2H].[2H][2H].[2H][2H].[2H][2H].[2H][2H].[2H][2H].[2H][2H].[2H][2H].[2H][2H].[2H][2H].[2H][2H].[2H][2H].[2H][2H].[2H][2H].[2H][2H].[2H][2H].[2H][2H].[2H][2H]. The van der Waals surface area contributed by atoms with Crippen molar-refractivity contribution in [3.05, 3.63) is 168 Å². The van der Waals surface area contributed by atoms with Gasteiger partial charge in [-0.25, -0.2) is 79.5 Å². The number of rotatable bonds is 17. The highest BCUT2D eigenvalue weighted by Gasteiger charge is 2.45. The van der Waals surface area contributed by atoms with E-state index in [4.69, 9.17) is 162 Å². The number of nitrogens with two attached hydrogens (primary N) is 3. The van der Waals surface area contributed by atoms with E-state index in [1.54, 1.807) is 143 Å². The van der Waals surface area contributed by atoms with E-state index in [1.165, 1.54) is 88.8 Å². The number of aromatic hydroxyl groups is 1. The second-order valence-electron chi connectivity index (χ2n) is 37.2. The lowest BCUT2D eigenvalue weighted by Crippen LogP contribution is -2.34. The molecule has 798 valence electrons. The molecule has 9 aromatic heterocycles. The van der Waals surface area contributed by atoms with Gasteiger partial charge in [-0.2, -0.15) is 19.9 Å². The van der Waals surface area contributed by atoms with Crippen LogP contribution in [0.15, 0.2) is 132 Å². The van der Waals surface area contributed by atoms with Crippen molar-refractivity contribution < 1.29 is 174 Å². The monoisotopic (exact) mass is 2070 g/mol. The Balaban J connectivity index is -0.000000110. The number of aromatic amines is 3. The Morgan fingerprint density at radius 1 is 0.507 bits per heavy atom. The normalized spacial score (nSPS) is 21.3. The maximum Gasteiger partial charge on any atom is 0.414 e. The summed E-state index contributed by atoms with van der Waals surface area (Å²) in [4.78, 5) is 93.6. The molecule has 0 radical (unpaired) electrons. The van der Waals surface area contributed by atoms with E-state index in [-0.39, 0.29) is 70.7 Å². The first kappa shape index (κ1) is 63.8. The molecule has 20 rings (SSSR count). The molecule has 9 atom stereocenters. The van der Waals surface area contributed by atoms with Gasteiger partial charge in [0.1, 0.15) is 86.2 Å². The number of benzene rings is 5. The molecule has 2 amide bonds. The van der Waals surface area contributed by atoms with Crippen molar-refractivity contribution in [2.24, 2.45) is 52.7 Å². The molecule has 3 aliphatic heterocycles. The predicted molar refractivity (Wildman–Crippen MR) is 591 cm³/mol. The van der Waals surface area contributed by atoms with Crippen molar-refractivity contribution >= 4 is 126 Å². The molecule has 5 aromatic carbocycles. The van der Waals surface area contributed by atoms with Crippen LogP contribution in [0.2, 0.25) is 0 Å². The fourth-order valence-electron chi connectivity index (χ4n) is 18.6.